The third kappa shape index (κ3) is 4.47. The minimum Gasteiger partial charge on any atom is -0.465 e. The van der Waals surface area contributed by atoms with Crippen LogP contribution in [-0.4, -0.2) is 21.0 Å². The molecule has 0 bridgehead atoms. The van der Waals surface area contributed by atoms with Gasteiger partial charge in [-0.15, -0.1) is 11.3 Å². The highest BCUT2D eigenvalue weighted by molar-refractivity contribution is 8.15. The summed E-state index contributed by atoms with van der Waals surface area (Å²) >= 11 is 1.01. The maximum absolute atomic E-state index is 11.6. The van der Waals surface area contributed by atoms with Gasteiger partial charge in [-0.2, -0.15) is 0 Å². The Morgan fingerprint density at radius 1 is 1.37 bits per heavy atom. The van der Waals surface area contributed by atoms with Crippen LogP contribution in [0.5, 0.6) is 0 Å². The van der Waals surface area contributed by atoms with E-state index in [0.29, 0.717) is 17.4 Å². The van der Waals surface area contributed by atoms with Gasteiger partial charge in [0.1, 0.15) is 4.21 Å². The van der Waals surface area contributed by atoms with Gasteiger partial charge < -0.3 is 4.74 Å². The van der Waals surface area contributed by atoms with Crippen molar-refractivity contribution in [3.63, 3.8) is 0 Å². The van der Waals surface area contributed by atoms with Crippen molar-refractivity contribution in [2.45, 2.75) is 36.3 Å². The largest absolute Gasteiger partial charge is 0.465 e. The zero-order chi connectivity index (χ0) is 13.9. The molecule has 0 saturated heterocycles. The van der Waals surface area contributed by atoms with Crippen molar-refractivity contribution in [2.75, 3.05) is 6.61 Å². The summed E-state index contributed by atoms with van der Waals surface area (Å²) < 4.78 is 27.5. The van der Waals surface area contributed by atoms with Crippen molar-refractivity contribution < 1.29 is 17.9 Å². The minimum atomic E-state index is -3.70. The number of hydrogen-bond donors (Lipinski definition) is 0. The highest BCUT2D eigenvalue weighted by Crippen LogP contribution is 2.26. The summed E-state index contributed by atoms with van der Waals surface area (Å²) in [5.41, 5.74) is 0. The van der Waals surface area contributed by atoms with Gasteiger partial charge in [0, 0.05) is 15.6 Å². The molecule has 4 nitrogen and oxygen atoms in total. The Balaban J connectivity index is 1.83. The SMILES string of the molecule is O=C(Cc1ccc(S(=O)(=O)Cl)s1)OCC1CCCC1. The van der Waals surface area contributed by atoms with Crippen LogP contribution in [0.2, 0.25) is 0 Å². The molecule has 106 valence electrons. The van der Waals surface area contributed by atoms with Crippen molar-refractivity contribution in [2.24, 2.45) is 5.92 Å². The first-order chi connectivity index (χ1) is 8.95. The van der Waals surface area contributed by atoms with E-state index in [-0.39, 0.29) is 16.6 Å². The van der Waals surface area contributed by atoms with E-state index in [1.165, 1.54) is 18.9 Å². The molecule has 1 aromatic heterocycles. The van der Waals surface area contributed by atoms with E-state index in [2.05, 4.69) is 0 Å². The van der Waals surface area contributed by atoms with E-state index >= 15 is 0 Å². The summed E-state index contributed by atoms with van der Waals surface area (Å²) in [7, 11) is 1.52. The minimum absolute atomic E-state index is 0.0627. The first-order valence-electron chi connectivity index (χ1n) is 6.14. The van der Waals surface area contributed by atoms with Crippen LogP contribution in [0.4, 0.5) is 0 Å². The van der Waals surface area contributed by atoms with Crippen molar-refractivity contribution in [1.82, 2.24) is 0 Å². The Bertz CT molecular complexity index is 544. The molecule has 1 aliphatic carbocycles. The number of hydrogen-bond acceptors (Lipinski definition) is 5. The average Bonchev–Trinajstić information content (AvgIpc) is 2.95. The zero-order valence-corrected chi connectivity index (χ0v) is 12.7. The predicted octanol–water partition coefficient (Wildman–Crippen LogP) is 2.95. The van der Waals surface area contributed by atoms with Crippen molar-refractivity contribution >= 4 is 37.0 Å². The molecule has 0 aromatic carbocycles. The van der Waals surface area contributed by atoms with Gasteiger partial charge in [0.25, 0.3) is 9.05 Å². The standard InChI is InChI=1S/C12H15ClO4S2/c13-19(15,16)12-6-5-10(18-12)7-11(14)17-8-9-3-1-2-4-9/h5-6,9H,1-4,7-8H2. The van der Waals surface area contributed by atoms with Gasteiger partial charge in [0.15, 0.2) is 0 Å². The molecule has 1 fully saturated rings. The molecule has 2 rings (SSSR count). The molecule has 0 N–H and O–H groups in total. The van der Waals surface area contributed by atoms with Crippen LogP contribution >= 0.6 is 22.0 Å². The Labute approximate surface area is 121 Å². The number of rotatable bonds is 5. The fourth-order valence-corrected chi connectivity index (χ4v) is 4.27. The average molecular weight is 323 g/mol. The smallest absolute Gasteiger partial charge is 0.311 e. The molecule has 0 atom stereocenters. The van der Waals surface area contributed by atoms with E-state index in [9.17, 15) is 13.2 Å². The fraction of sp³-hybridized carbons (Fsp3) is 0.583. The highest BCUT2D eigenvalue weighted by Gasteiger charge is 2.18. The lowest BCUT2D eigenvalue weighted by molar-refractivity contribution is -0.144. The molecule has 1 aromatic rings. The monoisotopic (exact) mass is 322 g/mol. The second-order valence-electron chi connectivity index (χ2n) is 4.67. The van der Waals surface area contributed by atoms with Crippen molar-refractivity contribution in [3.05, 3.63) is 17.0 Å². The summed E-state index contributed by atoms with van der Waals surface area (Å²) in [6, 6.07) is 3.00. The third-order valence-corrected chi connectivity index (χ3v) is 6.33. The van der Waals surface area contributed by atoms with Crippen LogP contribution in [0, 0.1) is 5.92 Å². The Morgan fingerprint density at radius 2 is 2.05 bits per heavy atom. The third-order valence-electron chi connectivity index (χ3n) is 3.15. The Morgan fingerprint density at radius 3 is 2.63 bits per heavy atom. The van der Waals surface area contributed by atoms with E-state index in [4.69, 9.17) is 15.4 Å². The first kappa shape index (κ1) is 14.8. The molecule has 0 aliphatic heterocycles. The van der Waals surface area contributed by atoms with E-state index in [1.54, 1.807) is 6.07 Å². The fourth-order valence-electron chi connectivity index (χ4n) is 2.17. The summed E-state index contributed by atoms with van der Waals surface area (Å²) in [5.74, 6) is 0.179. The van der Waals surface area contributed by atoms with Crippen LogP contribution in [0.3, 0.4) is 0 Å². The van der Waals surface area contributed by atoms with Crippen LogP contribution < -0.4 is 0 Å². The lowest BCUT2D eigenvalue weighted by atomic mass is 10.1. The normalized spacial score (nSPS) is 16.7. The van der Waals surface area contributed by atoms with Crippen molar-refractivity contribution in [1.29, 1.82) is 0 Å². The molecule has 0 radical (unpaired) electrons. The molecule has 1 aliphatic rings. The maximum atomic E-state index is 11.6. The van der Waals surface area contributed by atoms with Crippen LogP contribution in [-0.2, 0) is 25.0 Å². The second-order valence-corrected chi connectivity index (χ2v) is 8.63. The highest BCUT2D eigenvalue weighted by atomic mass is 35.7. The summed E-state index contributed by atoms with van der Waals surface area (Å²) in [4.78, 5) is 12.3. The van der Waals surface area contributed by atoms with Crippen LogP contribution in [0.15, 0.2) is 16.3 Å². The summed E-state index contributed by atoms with van der Waals surface area (Å²) in [5, 5.41) is 0. The molecule has 0 spiro atoms. The van der Waals surface area contributed by atoms with Gasteiger partial charge in [0.05, 0.1) is 13.0 Å². The number of carbonyl (C=O) groups is 1. The predicted molar refractivity (Wildman–Crippen MR) is 74.0 cm³/mol. The van der Waals surface area contributed by atoms with Crippen LogP contribution in [0.25, 0.3) is 0 Å². The van der Waals surface area contributed by atoms with E-state index in [0.717, 1.165) is 24.2 Å². The number of halogens is 1. The molecule has 0 amide bonds. The lowest BCUT2D eigenvalue weighted by Crippen LogP contribution is -2.13. The summed E-state index contributed by atoms with van der Waals surface area (Å²) in [6.07, 6.45) is 4.78. The van der Waals surface area contributed by atoms with Gasteiger partial charge in [-0.1, -0.05) is 12.8 Å². The number of esters is 1. The number of carbonyl (C=O) groups excluding carboxylic acids is 1. The summed E-state index contributed by atoms with van der Waals surface area (Å²) in [6.45, 7) is 0.477. The first-order valence-corrected chi connectivity index (χ1v) is 9.27. The number of ether oxygens (including phenoxy) is 1. The second kappa shape index (κ2) is 6.24. The van der Waals surface area contributed by atoms with E-state index < -0.39 is 9.05 Å². The van der Waals surface area contributed by atoms with Gasteiger partial charge in [-0.3, -0.25) is 4.79 Å². The van der Waals surface area contributed by atoms with Crippen molar-refractivity contribution in [3.8, 4) is 0 Å². The van der Waals surface area contributed by atoms with E-state index in [1.807, 2.05) is 0 Å². The van der Waals surface area contributed by atoms with Gasteiger partial charge in [-0.25, -0.2) is 8.42 Å². The molecular formula is C12H15ClO4S2. The molecular weight excluding hydrogens is 308 g/mol. The molecule has 1 saturated carbocycles. The molecule has 1 heterocycles. The topological polar surface area (TPSA) is 60.4 Å². The Kier molecular flexibility index (Phi) is 4.86. The lowest BCUT2D eigenvalue weighted by Gasteiger charge is -2.09. The number of thiophene rings is 1. The van der Waals surface area contributed by atoms with Gasteiger partial charge in [0.2, 0.25) is 0 Å². The quantitative estimate of drug-likeness (QED) is 0.617. The maximum Gasteiger partial charge on any atom is 0.311 e. The molecule has 0 unspecified atom stereocenters. The molecule has 19 heavy (non-hydrogen) atoms. The van der Waals surface area contributed by atoms with Gasteiger partial charge >= 0.3 is 5.97 Å². The Hall–Kier alpha value is -0.590. The van der Waals surface area contributed by atoms with Gasteiger partial charge in [-0.05, 0) is 30.9 Å². The molecule has 7 heteroatoms. The van der Waals surface area contributed by atoms with Crippen LogP contribution in [0.1, 0.15) is 30.6 Å². The zero-order valence-electron chi connectivity index (χ0n) is 10.3.